The normalized spacial score (nSPS) is 12.6. The molecule has 0 aliphatic carbocycles. The molecule has 1 aromatic rings. The lowest BCUT2D eigenvalue weighted by molar-refractivity contribution is -0.150. The van der Waals surface area contributed by atoms with Crippen molar-refractivity contribution in [2.75, 3.05) is 0 Å². The second-order valence-electron chi connectivity index (χ2n) is 2.89. The Balaban J connectivity index is 3.46. The Morgan fingerprint density at radius 1 is 1.06 bits per heavy atom. The first kappa shape index (κ1) is 13.3. The van der Waals surface area contributed by atoms with E-state index in [1.165, 1.54) is 0 Å². The van der Waals surface area contributed by atoms with E-state index in [1.807, 2.05) is 0 Å². The quantitative estimate of drug-likeness (QED) is 0.789. The Labute approximate surface area is 89.7 Å². The molecule has 0 aliphatic heterocycles. The van der Waals surface area contributed by atoms with Gasteiger partial charge in [-0.2, -0.15) is 26.3 Å². The number of carboxylic acid groups (broad SMARTS) is 1. The van der Waals surface area contributed by atoms with Gasteiger partial charge in [-0.15, -0.1) is 0 Å². The number of rotatable bonds is 1. The monoisotopic (exact) mass is 259 g/mol. The third-order valence-corrected chi connectivity index (χ3v) is 1.68. The van der Waals surface area contributed by atoms with Crippen LogP contribution in [-0.4, -0.2) is 16.1 Å². The van der Waals surface area contributed by atoms with Gasteiger partial charge in [-0.25, -0.2) is 9.78 Å². The minimum atomic E-state index is -5.27. The first-order chi connectivity index (χ1) is 7.53. The maximum absolute atomic E-state index is 12.3. The van der Waals surface area contributed by atoms with E-state index in [0.717, 1.165) is 0 Å². The third-order valence-electron chi connectivity index (χ3n) is 1.68. The summed E-state index contributed by atoms with van der Waals surface area (Å²) >= 11 is 0. The fraction of sp³-hybridized carbons (Fsp3) is 0.250. The second-order valence-corrected chi connectivity index (χ2v) is 2.89. The summed E-state index contributed by atoms with van der Waals surface area (Å²) in [7, 11) is 0. The molecular weight excluding hydrogens is 256 g/mol. The molecule has 0 aliphatic rings. The van der Waals surface area contributed by atoms with Crippen molar-refractivity contribution in [3.63, 3.8) is 0 Å². The maximum Gasteiger partial charge on any atom is 0.434 e. The van der Waals surface area contributed by atoms with Crippen molar-refractivity contribution in [3.8, 4) is 0 Å². The molecule has 1 aromatic heterocycles. The molecule has 0 amide bonds. The predicted molar refractivity (Wildman–Crippen MR) is 41.2 cm³/mol. The average Bonchev–Trinajstić information content (AvgIpc) is 2.14. The molecule has 0 bridgehead atoms. The summed E-state index contributed by atoms with van der Waals surface area (Å²) in [5.74, 6) is -2.00. The zero-order valence-electron chi connectivity index (χ0n) is 7.73. The number of carboxylic acids is 1. The highest BCUT2D eigenvalue weighted by atomic mass is 19.4. The lowest BCUT2D eigenvalue weighted by atomic mass is 10.1. The topological polar surface area (TPSA) is 50.2 Å². The third kappa shape index (κ3) is 2.86. The van der Waals surface area contributed by atoms with E-state index in [2.05, 4.69) is 4.98 Å². The zero-order valence-corrected chi connectivity index (χ0v) is 7.73. The SMILES string of the molecule is O=C(O)c1ccc(C(F)(F)F)nc1C(F)(F)F. The first-order valence-electron chi connectivity index (χ1n) is 3.92. The molecule has 17 heavy (non-hydrogen) atoms. The number of aromatic carboxylic acids is 1. The van der Waals surface area contributed by atoms with Crippen molar-refractivity contribution in [2.45, 2.75) is 12.4 Å². The fourth-order valence-electron chi connectivity index (χ4n) is 1.01. The Hall–Kier alpha value is -1.80. The maximum atomic E-state index is 12.3. The van der Waals surface area contributed by atoms with E-state index in [4.69, 9.17) is 5.11 Å². The van der Waals surface area contributed by atoms with Gasteiger partial charge in [0, 0.05) is 0 Å². The molecule has 94 valence electrons. The Bertz CT molecular complexity index is 450. The summed E-state index contributed by atoms with van der Waals surface area (Å²) in [4.78, 5) is 12.7. The highest BCUT2D eigenvalue weighted by molar-refractivity contribution is 5.89. The van der Waals surface area contributed by atoms with E-state index >= 15 is 0 Å². The molecule has 9 heteroatoms. The Morgan fingerprint density at radius 2 is 1.59 bits per heavy atom. The van der Waals surface area contributed by atoms with Crippen molar-refractivity contribution in [1.82, 2.24) is 4.98 Å². The molecular formula is C8H3F6NO2. The highest BCUT2D eigenvalue weighted by Gasteiger charge is 2.41. The number of nitrogens with zero attached hydrogens (tertiary/aromatic N) is 1. The van der Waals surface area contributed by atoms with Gasteiger partial charge >= 0.3 is 18.3 Å². The van der Waals surface area contributed by atoms with Crippen LogP contribution in [0, 0.1) is 0 Å². The van der Waals surface area contributed by atoms with Crippen molar-refractivity contribution in [1.29, 1.82) is 0 Å². The molecule has 0 saturated heterocycles. The van der Waals surface area contributed by atoms with Gasteiger partial charge in [0.15, 0.2) is 5.69 Å². The largest absolute Gasteiger partial charge is 0.478 e. The van der Waals surface area contributed by atoms with Crippen LogP contribution in [-0.2, 0) is 12.4 Å². The molecule has 0 atom stereocenters. The van der Waals surface area contributed by atoms with E-state index in [-0.39, 0.29) is 12.1 Å². The van der Waals surface area contributed by atoms with Crippen molar-refractivity contribution in [3.05, 3.63) is 29.1 Å². The van der Waals surface area contributed by atoms with Crippen LogP contribution in [0.5, 0.6) is 0 Å². The molecule has 1 N–H and O–H groups in total. The van der Waals surface area contributed by atoms with Gasteiger partial charge in [-0.3, -0.25) is 0 Å². The van der Waals surface area contributed by atoms with Crippen LogP contribution < -0.4 is 0 Å². The summed E-state index contributed by atoms with van der Waals surface area (Å²) in [5, 5.41) is 8.40. The van der Waals surface area contributed by atoms with Gasteiger partial charge in [0.2, 0.25) is 0 Å². The lowest BCUT2D eigenvalue weighted by Gasteiger charge is -2.12. The standard InChI is InChI=1S/C8H3F6NO2/c9-7(10,11)4-2-1-3(6(16)17)5(15-4)8(12,13)14/h1-2H,(H,16,17). The summed E-state index contributed by atoms with van der Waals surface area (Å²) < 4.78 is 73.2. The number of alkyl halides is 6. The van der Waals surface area contributed by atoms with Crippen LogP contribution in [0.4, 0.5) is 26.3 Å². The van der Waals surface area contributed by atoms with Crippen LogP contribution in [0.3, 0.4) is 0 Å². The molecule has 0 saturated carbocycles. The molecule has 3 nitrogen and oxygen atoms in total. The molecule has 1 rings (SSSR count). The predicted octanol–water partition coefficient (Wildman–Crippen LogP) is 2.82. The van der Waals surface area contributed by atoms with Crippen molar-refractivity contribution < 1.29 is 36.2 Å². The van der Waals surface area contributed by atoms with Gasteiger partial charge in [0.05, 0.1) is 5.56 Å². The van der Waals surface area contributed by atoms with Crippen LogP contribution in [0.2, 0.25) is 0 Å². The molecule has 0 unspecified atom stereocenters. The number of aromatic nitrogens is 1. The van der Waals surface area contributed by atoms with E-state index in [1.54, 1.807) is 0 Å². The molecule has 0 radical (unpaired) electrons. The minimum Gasteiger partial charge on any atom is -0.478 e. The first-order valence-corrected chi connectivity index (χ1v) is 3.92. The van der Waals surface area contributed by atoms with Gasteiger partial charge < -0.3 is 5.11 Å². The van der Waals surface area contributed by atoms with Crippen molar-refractivity contribution >= 4 is 5.97 Å². The van der Waals surface area contributed by atoms with Gasteiger partial charge in [-0.1, -0.05) is 0 Å². The smallest absolute Gasteiger partial charge is 0.434 e. The molecule has 0 aromatic carbocycles. The number of hydrogen-bond acceptors (Lipinski definition) is 2. The van der Waals surface area contributed by atoms with Crippen LogP contribution in [0.25, 0.3) is 0 Å². The van der Waals surface area contributed by atoms with E-state index in [0.29, 0.717) is 0 Å². The van der Waals surface area contributed by atoms with E-state index in [9.17, 15) is 31.1 Å². The summed E-state index contributed by atoms with van der Waals surface area (Å²) in [6.07, 6.45) is -10.3. The number of pyridine rings is 1. The molecule has 1 heterocycles. The van der Waals surface area contributed by atoms with Gasteiger partial charge in [0.25, 0.3) is 0 Å². The van der Waals surface area contributed by atoms with Crippen LogP contribution >= 0.6 is 0 Å². The highest BCUT2D eigenvalue weighted by Crippen LogP contribution is 2.34. The van der Waals surface area contributed by atoms with Crippen LogP contribution in [0.15, 0.2) is 12.1 Å². The average molecular weight is 259 g/mol. The van der Waals surface area contributed by atoms with Gasteiger partial charge in [0.1, 0.15) is 5.69 Å². The molecule has 0 spiro atoms. The van der Waals surface area contributed by atoms with Gasteiger partial charge in [-0.05, 0) is 12.1 Å². The second kappa shape index (κ2) is 3.90. The number of hydrogen-bond donors (Lipinski definition) is 1. The van der Waals surface area contributed by atoms with Crippen LogP contribution in [0.1, 0.15) is 21.7 Å². The Kier molecular flexibility index (Phi) is 3.04. The lowest BCUT2D eigenvalue weighted by Crippen LogP contribution is -2.19. The minimum absolute atomic E-state index is 0.179. The Morgan fingerprint density at radius 3 is 1.94 bits per heavy atom. The summed E-state index contributed by atoms with van der Waals surface area (Å²) in [6, 6.07) is 0.402. The summed E-state index contributed by atoms with van der Waals surface area (Å²) in [5.41, 5.74) is -5.19. The molecule has 0 fully saturated rings. The van der Waals surface area contributed by atoms with E-state index < -0.39 is 35.3 Å². The fourth-order valence-corrected chi connectivity index (χ4v) is 1.01. The number of carbonyl (C=O) groups is 1. The zero-order chi connectivity index (χ0) is 13.4. The summed E-state index contributed by atoms with van der Waals surface area (Å²) in [6.45, 7) is 0. The van der Waals surface area contributed by atoms with Crippen molar-refractivity contribution in [2.24, 2.45) is 0 Å². The number of halogens is 6.